The van der Waals surface area contributed by atoms with Gasteiger partial charge >= 0.3 is 0 Å². The highest BCUT2D eigenvalue weighted by Gasteiger charge is 2.24. The van der Waals surface area contributed by atoms with Crippen molar-refractivity contribution in [3.63, 3.8) is 0 Å². The summed E-state index contributed by atoms with van der Waals surface area (Å²) < 4.78 is 33.9. The van der Waals surface area contributed by atoms with Gasteiger partial charge in [-0.05, 0) is 12.8 Å². The number of hydrogen-bond acceptors (Lipinski definition) is 4. The van der Waals surface area contributed by atoms with Crippen molar-refractivity contribution in [1.82, 2.24) is 14.3 Å². The van der Waals surface area contributed by atoms with E-state index in [1.165, 1.54) is 0 Å². The highest BCUT2D eigenvalue weighted by molar-refractivity contribution is 7.87. The molecular weight excluding hydrogens is 254 g/mol. The van der Waals surface area contributed by atoms with Crippen molar-refractivity contribution in [2.75, 3.05) is 39.3 Å². The van der Waals surface area contributed by atoms with Gasteiger partial charge in [0.2, 0.25) is 0 Å². The molecule has 2 fully saturated rings. The third-order valence-electron chi connectivity index (χ3n) is 3.40. The van der Waals surface area contributed by atoms with Gasteiger partial charge in [-0.2, -0.15) is 17.4 Å². The average Bonchev–Trinajstić information content (AvgIpc) is 2.67. The van der Waals surface area contributed by atoms with E-state index in [1.54, 1.807) is 4.31 Å². The molecule has 2 N–H and O–H groups in total. The van der Waals surface area contributed by atoms with Gasteiger partial charge in [0.15, 0.2) is 0 Å². The van der Waals surface area contributed by atoms with Gasteiger partial charge < -0.3 is 10.1 Å². The molecule has 2 rings (SSSR count). The highest BCUT2D eigenvalue weighted by atomic mass is 32.2. The quantitative estimate of drug-likeness (QED) is 0.739. The van der Waals surface area contributed by atoms with E-state index in [-0.39, 0.29) is 6.10 Å². The maximum absolute atomic E-state index is 12.1. The van der Waals surface area contributed by atoms with Crippen LogP contribution in [0.4, 0.5) is 0 Å². The Morgan fingerprint density at radius 3 is 2.56 bits per heavy atom. The molecule has 18 heavy (non-hydrogen) atoms. The summed E-state index contributed by atoms with van der Waals surface area (Å²) in [7, 11) is -3.33. The summed E-state index contributed by atoms with van der Waals surface area (Å²) in [6.07, 6.45) is 4.12. The summed E-state index contributed by atoms with van der Waals surface area (Å²) in [5.41, 5.74) is 0. The van der Waals surface area contributed by atoms with Gasteiger partial charge in [-0.3, -0.25) is 0 Å². The van der Waals surface area contributed by atoms with Crippen LogP contribution >= 0.6 is 0 Å². The van der Waals surface area contributed by atoms with Crippen LogP contribution in [0.15, 0.2) is 0 Å². The summed E-state index contributed by atoms with van der Waals surface area (Å²) in [5, 5.41) is 3.19. The molecule has 2 heterocycles. The van der Waals surface area contributed by atoms with E-state index < -0.39 is 10.2 Å². The summed E-state index contributed by atoms with van der Waals surface area (Å²) in [5.74, 6) is 0. The van der Waals surface area contributed by atoms with Gasteiger partial charge in [-0.1, -0.05) is 12.8 Å². The molecule has 0 spiro atoms. The van der Waals surface area contributed by atoms with Crippen LogP contribution in [-0.2, 0) is 14.9 Å². The van der Waals surface area contributed by atoms with Gasteiger partial charge in [-0.15, -0.1) is 0 Å². The van der Waals surface area contributed by atoms with Crippen molar-refractivity contribution in [3.05, 3.63) is 0 Å². The van der Waals surface area contributed by atoms with Gasteiger partial charge in [-0.25, -0.2) is 0 Å². The second kappa shape index (κ2) is 6.81. The van der Waals surface area contributed by atoms with Crippen LogP contribution in [0.5, 0.6) is 0 Å². The topological polar surface area (TPSA) is 70.7 Å². The lowest BCUT2D eigenvalue weighted by molar-refractivity contribution is 0.0322. The molecule has 0 bridgehead atoms. The summed E-state index contributed by atoms with van der Waals surface area (Å²) in [6.45, 7) is 3.83. The predicted octanol–water partition coefficient (Wildman–Crippen LogP) is -0.315. The molecule has 0 aromatic heterocycles. The predicted molar refractivity (Wildman–Crippen MR) is 69.6 cm³/mol. The molecule has 1 atom stereocenters. The smallest absolute Gasteiger partial charge is 0.279 e. The molecule has 0 amide bonds. The molecule has 2 aliphatic rings. The lowest BCUT2D eigenvalue weighted by Gasteiger charge is -2.26. The van der Waals surface area contributed by atoms with Crippen LogP contribution in [0.2, 0.25) is 0 Å². The van der Waals surface area contributed by atoms with Crippen LogP contribution in [-0.4, -0.2) is 58.2 Å². The standard InChI is InChI=1S/C11H23N3O3S/c15-18(16,14-6-3-1-2-4-7-14)13-10-11-9-12-5-8-17-11/h11-13H,1-10H2. The largest absolute Gasteiger partial charge is 0.374 e. The van der Waals surface area contributed by atoms with Gasteiger partial charge in [0.1, 0.15) is 0 Å². The monoisotopic (exact) mass is 277 g/mol. The van der Waals surface area contributed by atoms with Gasteiger partial charge in [0.25, 0.3) is 10.2 Å². The van der Waals surface area contributed by atoms with Crippen molar-refractivity contribution >= 4 is 10.2 Å². The Labute approximate surface area is 109 Å². The Hall–Kier alpha value is -0.210. The van der Waals surface area contributed by atoms with Crippen LogP contribution in [0.3, 0.4) is 0 Å². The van der Waals surface area contributed by atoms with Crippen molar-refractivity contribution in [3.8, 4) is 0 Å². The Bertz CT molecular complexity index is 333. The maximum atomic E-state index is 12.1. The molecule has 0 aromatic rings. The zero-order valence-corrected chi connectivity index (χ0v) is 11.5. The van der Waals surface area contributed by atoms with E-state index in [1.807, 2.05) is 0 Å². The first kappa shape index (κ1) is 14.2. The number of ether oxygens (including phenoxy) is 1. The van der Waals surface area contributed by atoms with Crippen LogP contribution in [0.25, 0.3) is 0 Å². The van der Waals surface area contributed by atoms with Crippen LogP contribution in [0.1, 0.15) is 25.7 Å². The fraction of sp³-hybridized carbons (Fsp3) is 1.00. The first-order valence-electron chi connectivity index (χ1n) is 6.75. The Morgan fingerprint density at radius 1 is 1.22 bits per heavy atom. The Morgan fingerprint density at radius 2 is 1.94 bits per heavy atom. The Kier molecular flexibility index (Phi) is 5.38. The van der Waals surface area contributed by atoms with E-state index in [2.05, 4.69) is 10.0 Å². The van der Waals surface area contributed by atoms with E-state index in [0.717, 1.165) is 32.2 Å². The summed E-state index contributed by atoms with van der Waals surface area (Å²) in [6, 6.07) is 0. The Balaban J connectivity index is 1.81. The SMILES string of the molecule is O=S(=O)(NCC1CNCCO1)N1CCCCCC1. The molecule has 7 heteroatoms. The number of morpholine rings is 1. The molecule has 0 aliphatic carbocycles. The lowest BCUT2D eigenvalue weighted by atomic mass is 10.2. The van der Waals surface area contributed by atoms with E-state index in [0.29, 0.717) is 32.8 Å². The summed E-state index contributed by atoms with van der Waals surface area (Å²) in [4.78, 5) is 0. The maximum Gasteiger partial charge on any atom is 0.279 e. The first-order valence-corrected chi connectivity index (χ1v) is 8.19. The lowest BCUT2D eigenvalue weighted by Crippen LogP contribution is -2.48. The van der Waals surface area contributed by atoms with E-state index in [4.69, 9.17) is 4.74 Å². The minimum Gasteiger partial charge on any atom is -0.374 e. The van der Waals surface area contributed by atoms with Gasteiger partial charge in [0, 0.05) is 32.7 Å². The fourth-order valence-corrected chi connectivity index (χ4v) is 3.64. The molecule has 0 saturated carbocycles. The highest BCUT2D eigenvalue weighted by Crippen LogP contribution is 2.12. The van der Waals surface area contributed by atoms with Crippen LogP contribution in [0, 0.1) is 0 Å². The molecule has 0 radical (unpaired) electrons. The zero-order chi connectivity index (χ0) is 12.8. The summed E-state index contributed by atoms with van der Waals surface area (Å²) >= 11 is 0. The van der Waals surface area contributed by atoms with E-state index >= 15 is 0 Å². The number of hydrogen-bond donors (Lipinski definition) is 2. The molecule has 2 saturated heterocycles. The molecule has 0 aromatic carbocycles. The van der Waals surface area contributed by atoms with Crippen LogP contribution < -0.4 is 10.0 Å². The minimum absolute atomic E-state index is 0.0551. The van der Waals surface area contributed by atoms with Gasteiger partial charge in [0.05, 0.1) is 12.7 Å². The number of nitrogens with zero attached hydrogens (tertiary/aromatic N) is 1. The van der Waals surface area contributed by atoms with E-state index in [9.17, 15) is 8.42 Å². The van der Waals surface area contributed by atoms with Crippen molar-refractivity contribution in [2.24, 2.45) is 0 Å². The number of rotatable bonds is 4. The van der Waals surface area contributed by atoms with Crippen molar-refractivity contribution in [2.45, 2.75) is 31.8 Å². The fourth-order valence-electron chi connectivity index (χ4n) is 2.32. The third kappa shape index (κ3) is 4.17. The van der Waals surface area contributed by atoms with Crippen molar-refractivity contribution < 1.29 is 13.2 Å². The molecule has 106 valence electrons. The normalized spacial score (nSPS) is 27.9. The second-order valence-corrected chi connectivity index (χ2v) is 6.62. The number of nitrogens with one attached hydrogen (secondary N) is 2. The molecule has 6 nitrogen and oxygen atoms in total. The average molecular weight is 277 g/mol. The molecular formula is C11H23N3O3S. The first-order chi connectivity index (χ1) is 8.68. The molecule has 1 unspecified atom stereocenters. The third-order valence-corrected chi connectivity index (χ3v) is 4.98. The molecule has 2 aliphatic heterocycles. The van der Waals surface area contributed by atoms with Crippen molar-refractivity contribution in [1.29, 1.82) is 0 Å². The zero-order valence-electron chi connectivity index (χ0n) is 10.7. The second-order valence-electron chi connectivity index (χ2n) is 4.86. The minimum atomic E-state index is -3.33.